The van der Waals surface area contributed by atoms with Crippen LogP contribution >= 0.6 is 0 Å². The molecule has 2 aromatic rings. The monoisotopic (exact) mass is 590 g/mol. The minimum Gasteiger partial charge on any atom is -0.618 e. The number of amides is 3. The Morgan fingerprint density at radius 2 is 1.77 bits per heavy atom. The molecule has 3 aliphatic carbocycles. The Morgan fingerprint density at radius 1 is 1.05 bits per heavy atom. The fourth-order valence-electron chi connectivity index (χ4n) is 7.15. The standard InChI is InChI=1S/C32H43BN4O6/c1-19(2)15-27(33-42-26-17-22-16-25(31(22,4)5)32(26,6)43-33)36-29(39)23(35-30(40)24-9-7-8-14-37(24)41)18-34-28(38)21-12-10-20(3)11-13-21/h7-14,19,22-23,25-27H,15-18H2,1-6H3,(H,34,38)(H,35,40)(H,36,39)/t22-,23+,25+,26-,27+,32+/m1/s1. The lowest BCUT2D eigenvalue weighted by Gasteiger charge is -2.64. The first-order valence-electron chi connectivity index (χ1n) is 15.3. The largest absolute Gasteiger partial charge is 0.618 e. The molecule has 0 spiro atoms. The Morgan fingerprint density at radius 3 is 2.42 bits per heavy atom. The lowest BCUT2D eigenvalue weighted by Crippen LogP contribution is -2.65. The second-order valence-electron chi connectivity index (χ2n) is 13.6. The lowest BCUT2D eigenvalue weighted by atomic mass is 9.43. The summed E-state index contributed by atoms with van der Waals surface area (Å²) in [5.74, 6) is -0.916. The molecule has 1 saturated heterocycles. The molecular formula is C32H43BN4O6. The Hall–Kier alpha value is -3.44. The van der Waals surface area contributed by atoms with Gasteiger partial charge in [0, 0.05) is 24.2 Å². The van der Waals surface area contributed by atoms with Gasteiger partial charge in [-0.2, -0.15) is 4.73 Å². The van der Waals surface area contributed by atoms with Crippen LogP contribution in [0.25, 0.3) is 0 Å². The van der Waals surface area contributed by atoms with Gasteiger partial charge in [-0.1, -0.05) is 45.4 Å². The SMILES string of the molecule is Cc1ccc(C(=O)NC[C@H](NC(=O)c2cccc[n+]2[O-])C(=O)N[C@@H](CC(C)C)B2O[C@@H]3C[C@H]4C[C@@H](C4(C)C)[C@]3(C)O2)cc1. The molecule has 1 aromatic carbocycles. The van der Waals surface area contributed by atoms with Crippen LogP contribution < -0.4 is 20.7 Å². The average molecular weight is 591 g/mol. The molecule has 230 valence electrons. The first kappa shape index (κ1) is 31.0. The van der Waals surface area contributed by atoms with E-state index >= 15 is 0 Å². The van der Waals surface area contributed by atoms with Gasteiger partial charge in [0.1, 0.15) is 6.04 Å². The maximum absolute atomic E-state index is 13.8. The summed E-state index contributed by atoms with van der Waals surface area (Å²) in [5.41, 5.74) is 1.02. The van der Waals surface area contributed by atoms with Crippen LogP contribution in [-0.4, -0.2) is 55.1 Å². The number of hydrogen-bond donors (Lipinski definition) is 3. The highest BCUT2D eigenvalue weighted by molar-refractivity contribution is 6.48. The van der Waals surface area contributed by atoms with E-state index in [1.807, 2.05) is 19.1 Å². The summed E-state index contributed by atoms with van der Waals surface area (Å²) in [7, 11) is -0.645. The number of aryl methyl sites for hydroxylation is 1. The van der Waals surface area contributed by atoms with Crippen molar-refractivity contribution in [1.82, 2.24) is 16.0 Å². The Kier molecular flexibility index (Phi) is 8.60. The number of hydrogen-bond acceptors (Lipinski definition) is 6. The molecule has 2 heterocycles. The van der Waals surface area contributed by atoms with Crippen molar-refractivity contribution in [1.29, 1.82) is 0 Å². The summed E-state index contributed by atoms with van der Waals surface area (Å²) in [6, 6.07) is 10.3. The summed E-state index contributed by atoms with van der Waals surface area (Å²) >= 11 is 0. The second kappa shape index (κ2) is 11.9. The zero-order valence-electron chi connectivity index (χ0n) is 25.9. The van der Waals surface area contributed by atoms with Crippen LogP contribution in [0.3, 0.4) is 0 Å². The van der Waals surface area contributed by atoms with Crippen LogP contribution in [0.1, 0.15) is 80.3 Å². The summed E-state index contributed by atoms with van der Waals surface area (Å²) in [6.45, 7) is 12.6. The highest BCUT2D eigenvalue weighted by atomic mass is 16.7. The van der Waals surface area contributed by atoms with E-state index in [-0.39, 0.29) is 35.6 Å². The molecule has 1 aromatic heterocycles. The van der Waals surface area contributed by atoms with Crippen LogP contribution in [0.5, 0.6) is 0 Å². The Labute approximate surface area is 254 Å². The molecule has 2 bridgehead atoms. The number of nitrogens with one attached hydrogen (secondary N) is 3. The van der Waals surface area contributed by atoms with Crippen molar-refractivity contribution in [3.8, 4) is 0 Å². The molecule has 3 N–H and O–H groups in total. The summed E-state index contributed by atoms with van der Waals surface area (Å²) in [6.07, 6.45) is 3.80. The van der Waals surface area contributed by atoms with Gasteiger partial charge in [-0.15, -0.1) is 0 Å². The van der Waals surface area contributed by atoms with Gasteiger partial charge >= 0.3 is 13.0 Å². The lowest BCUT2D eigenvalue weighted by molar-refractivity contribution is -0.607. The second-order valence-corrected chi connectivity index (χ2v) is 13.6. The molecule has 0 unspecified atom stereocenters. The molecule has 6 rings (SSSR count). The summed E-state index contributed by atoms with van der Waals surface area (Å²) < 4.78 is 13.6. The van der Waals surface area contributed by atoms with E-state index in [1.54, 1.807) is 18.2 Å². The van der Waals surface area contributed by atoms with E-state index in [2.05, 4.69) is 50.6 Å². The van der Waals surface area contributed by atoms with Crippen molar-refractivity contribution in [2.24, 2.45) is 23.2 Å². The minimum atomic E-state index is -1.16. The first-order valence-corrected chi connectivity index (χ1v) is 15.3. The van der Waals surface area contributed by atoms with E-state index in [4.69, 9.17) is 9.31 Å². The fourth-order valence-corrected chi connectivity index (χ4v) is 7.15. The topological polar surface area (TPSA) is 133 Å². The van der Waals surface area contributed by atoms with E-state index in [0.29, 0.717) is 28.6 Å². The van der Waals surface area contributed by atoms with Crippen LogP contribution in [-0.2, 0) is 14.1 Å². The Bertz CT molecular complexity index is 1370. The van der Waals surface area contributed by atoms with Crippen LogP contribution in [0, 0.1) is 35.3 Å². The van der Waals surface area contributed by atoms with Gasteiger partial charge in [0.2, 0.25) is 5.91 Å². The molecule has 6 atom stereocenters. The normalized spacial score (nSPS) is 26.6. The zero-order chi connectivity index (χ0) is 31.1. The van der Waals surface area contributed by atoms with E-state index < -0.39 is 36.5 Å². The molecule has 11 heteroatoms. The molecule has 3 amide bonds. The predicted octanol–water partition coefficient (Wildman–Crippen LogP) is 2.96. The molecule has 10 nitrogen and oxygen atoms in total. The van der Waals surface area contributed by atoms with Crippen molar-refractivity contribution < 1.29 is 28.4 Å². The molecule has 4 aliphatic rings. The number of benzene rings is 1. The van der Waals surface area contributed by atoms with Gasteiger partial charge in [-0.25, -0.2) is 0 Å². The average Bonchev–Trinajstić information content (AvgIpc) is 3.32. The number of rotatable bonds is 10. The number of carbonyl (C=O) groups excluding carboxylic acids is 3. The summed E-state index contributed by atoms with van der Waals surface area (Å²) in [5, 5.41) is 20.7. The van der Waals surface area contributed by atoms with E-state index in [9.17, 15) is 19.6 Å². The van der Waals surface area contributed by atoms with E-state index in [0.717, 1.165) is 18.4 Å². The van der Waals surface area contributed by atoms with Gasteiger partial charge in [0.05, 0.1) is 17.6 Å². The smallest absolute Gasteiger partial charge is 0.481 e. The third kappa shape index (κ3) is 6.15. The molecule has 0 radical (unpaired) electrons. The van der Waals surface area contributed by atoms with E-state index in [1.165, 1.54) is 18.3 Å². The highest BCUT2D eigenvalue weighted by Crippen LogP contribution is 2.65. The molecule has 3 saturated carbocycles. The van der Waals surface area contributed by atoms with Gasteiger partial charge in [-0.05, 0) is 74.5 Å². The quantitative estimate of drug-likeness (QED) is 0.222. The van der Waals surface area contributed by atoms with Gasteiger partial charge in [0.15, 0.2) is 6.20 Å². The summed E-state index contributed by atoms with van der Waals surface area (Å²) in [4.78, 5) is 39.8. The minimum absolute atomic E-state index is 0.0456. The third-order valence-corrected chi connectivity index (χ3v) is 9.81. The van der Waals surface area contributed by atoms with Crippen LogP contribution in [0.2, 0.25) is 0 Å². The first-order chi connectivity index (χ1) is 20.3. The zero-order valence-corrected chi connectivity index (χ0v) is 25.9. The molecular weight excluding hydrogens is 547 g/mol. The van der Waals surface area contributed by atoms with Crippen molar-refractivity contribution in [2.45, 2.75) is 84.5 Å². The fraction of sp³-hybridized carbons (Fsp3) is 0.562. The number of carbonyl (C=O) groups is 3. The van der Waals surface area contributed by atoms with Crippen molar-refractivity contribution >= 4 is 24.8 Å². The molecule has 4 fully saturated rings. The van der Waals surface area contributed by atoms with Gasteiger partial charge in [-0.3, -0.25) is 14.4 Å². The molecule has 43 heavy (non-hydrogen) atoms. The third-order valence-electron chi connectivity index (χ3n) is 9.81. The maximum Gasteiger partial charge on any atom is 0.481 e. The van der Waals surface area contributed by atoms with Crippen molar-refractivity contribution in [2.75, 3.05) is 6.54 Å². The molecule has 1 aliphatic heterocycles. The van der Waals surface area contributed by atoms with Crippen LogP contribution in [0.4, 0.5) is 0 Å². The predicted molar refractivity (Wildman–Crippen MR) is 162 cm³/mol. The Balaban J connectivity index is 1.33. The number of pyridine rings is 1. The van der Waals surface area contributed by atoms with Crippen molar-refractivity contribution in [3.63, 3.8) is 0 Å². The van der Waals surface area contributed by atoms with Crippen LogP contribution in [0.15, 0.2) is 48.7 Å². The highest BCUT2D eigenvalue weighted by Gasteiger charge is 2.68. The number of nitrogens with zero attached hydrogens (tertiary/aromatic N) is 1. The maximum atomic E-state index is 13.8. The van der Waals surface area contributed by atoms with Gasteiger partial charge < -0.3 is 30.5 Å². The number of aromatic nitrogens is 1. The van der Waals surface area contributed by atoms with Gasteiger partial charge in [0.25, 0.3) is 11.6 Å². The van der Waals surface area contributed by atoms with Crippen molar-refractivity contribution in [3.05, 3.63) is 70.7 Å².